The minimum absolute atomic E-state index is 0.151. The van der Waals surface area contributed by atoms with Gasteiger partial charge in [0.1, 0.15) is 5.75 Å². The fourth-order valence-electron chi connectivity index (χ4n) is 1.48. The Labute approximate surface area is 97.4 Å². The van der Waals surface area contributed by atoms with E-state index in [9.17, 15) is 8.78 Å². The average molecular weight is 238 g/mol. The molecule has 0 fully saturated rings. The van der Waals surface area contributed by atoms with Crippen molar-refractivity contribution in [2.45, 2.75) is 13.2 Å². The van der Waals surface area contributed by atoms with Gasteiger partial charge >= 0.3 is 6.61 Å². The van der Waals surface area contributed by atoms with E-state index in [1.807, 2.05) is 12.3 Å². The minimum Gasteiger partial charge on any atom is -0.433 e. The maximum Gasteiger partial charge on any atom is 0.387 e. The van der Waals surface area contributed by atoms with Crippen LogP contribution >= 0.6 is 0 Å². The molecule has 0 amide bonds. The van der Waals surface area contributed by atoms with Crippen LogP contribution in [0.25, 0.3) is 0 Å². The Morgan fingerprint density at radius 3 is 2.76 bits per heavy atom. The lowest BCUT2D eigenvalue weighted by molar-refractivity contribution is -0.0493. The molecule has 1 aromatic heterocycles. The van der Waals surface area contributed by atoms with Crippen molar-refractivity contribution in [3.63, 3.8) is 0 Å². The van der Waals surface area contributed by atoms with Gasteiger partial charge in [0, 0.05) is 18.9 Å². The Hall–Kier alpha value is -2.04. The van der Waals surface area contributed by atoms with Gasteiger partial charge in [-0.25, -0.2) is 0 Å². The summed E-state index contributed by atoms with van der Waals surface area (Å²) in [4.78, 5) is 2.92. The van der Waals surface area contributed by atoms with E-state index in [4.69, 9.17) is 0 Å². The number of H-pyrrole nitrogens is 1. The first-order valence-electron chi connectivity index (χ1n) is 5.15. The van der Waals surface area contributed by atoms with Crippen molar-refractivity contribution in [1.29, 1.82) is 0 Å². The molecule has 0 aliphatic heterocycles. The quantitative estimate of drug-likeness (QED) is 0.839. The van der Waals surface area contributed by atoms with Gasteiger partial charge in [0.15, 0.2) is 0 Å². The third kappa shape index (κ3) is 3.21. The molecule has 0 atom stereocenters. The van der Waals surface area contributed by atoms with Crippen molar-refractivity contribution < 1.29 is 13.5 Å². The van der Waals surface area contributed by atoms with E-state index >= 15 is 0 Å². The van der Waals surface area contributed by atoms with Crippen LogP contribution in [0.4, 0.5) is 14.5 Å². The average Bonchev–Trinajstić information content (AvgIpc) is 2.80. The Morgan fingerprint density at radius 2 is 2.06 bits per heavy atom. The highest BCUT2D eigenvalue weighted by Gasteiger charge is 2.08. The van der Waals surface area contributed by atoms with Gasteiger partial charge < -0.3 is 15.0 Å². The maximum absolute atomic E-state index is 12.2. The molecular weight excluding hydrogens is 226 g/mol. The number of ether oxygens (including phenoxy) is 1. The maximum atomic E-state index is 12.2. The van der Waals surface area contributed by atoms with Crippen molar-refractivity contribution in [3.05, 3.63) is 48.3 Å². The lowest BCUT2D eigenvalue weighted by Crippen LogP contribution is -2.06. The molecule has 0 radical (unpaired) electrons. The highest BCUT2D eigenvalue weighted by atomic mass is 19.3. The van der Waals surface area contributed by atoms with Crippen molar-refractivity contribution in [2.75, 3.05) is 5.32 Å². The highest BCUT2D eigenvalue weighted by molar-refractivity contribution is 5.56. The van der Waals surface area contributed by atoms with Gasteiger partial charge in [-0.3, -0.25) is 0 Å². The normalized spacial score (nSPS) is 10.5. The molecule has 2 rings (SSSR count). The number of halogens is 2. The predicted octanol–water partition coefficient (Wildman–Crippen LogP) is 3.23. The lowest BCUT2D eigenvalue weighted by Gasteiger charge is -2.11. The molecule has 1 aromatic carbocycles. The lowest BCUT2D eigenvalue weighted by atomic mass is 10.2. The van der Waals surface area contributed by atoms with E-state index < -0.39 is 6.61 Å². The van der Waals surface area contributed by atoms with Gasteiger partial charge in [0.25, 0.3) is 0 Å². The molecule has 5 heteroatoms. The number of aromatic amines is 1. The molecule has 1 heterocycles. The first-order chi connectivity index (χ1) is 8.25. The van der Waals surface area contributed by atoms with E-state index in [-0.39, 0.29) is 5.75 Å². The first kappa shape index (κ1) is 11.4. The van der Waals surface area contributed by atoms with Gasteiger partial charge in [-0.1, -0.05) is 12.1 Å². The molecule has 0 aliphatic carbocycles. The van der Waals surface area contributed by atoms with Gasteiger partial charge in [0.2, 0.25) is 0 Å². The molecule has 17 heavy (non-hydrogen) atoms. The second-order valence-corrected chi connectivity index (χ2v) is 3.45. The summed E-state index contributed by atoms with van der Waals surface area (Å²) in [6.07, 6.45) is 3.64. The monoisotopic (exact) mass is 238 g/mol. The molecule has 0 spiro atoms. The fraction of sp³-hybridized carbons (Fsp3) is 0.167. The number of aromatic nitrogens is 1. The van der Waals surface area contributed by atoms with E-state index in [0.717, 1.165) is 5.56 Å². The van der Waals surface area contributed by atoms with E-state index in [1.54, 1.807) is 24.4 Å². The summed E-state index contributed by atoms with van der Waals surface area (Å²) in [5.74, 6) is 0.151. The minimum atomic E-state index is -2.81. The largest absolute Gasteiger partial charge is 0.433 e. The van der Waals surface area contributed by atoms with Gasteiger partial charge in [0.05, 0.1) is 5.69 Å². The first-order valence-corrected chi connectivity index (χ1v) is 5.15. The summed E-state index contributed by atoms with van der Waals surface area (Å²) in [7, 11) is 0. The van der Waals surface area contributed by atoms with Gasteiger partial charge in [-0.2, -0.15) is 8.78 Å². The fourth-order valence-corrected chi connectivity index (χ4v) is 1.48. The van der Waals surface area contributed by atoms with Crippen LogP contribution in [0.3, 0.4) is 0 Å². The predicted molar refractivity (Wildman–Crippen MR) is 61.2 cm³/mol. The second-order valence-electron chi connectivity index (χ2n) is 3.45. The molecule has 0 unspecified atom stereocenters. The van der Waals surface area contributed by atoms with E-state index in [2.05, 4.69) is 15.0 Å². The third-order valence-corrected chi connectivity index (χ3v) is 2.25. The number of anilines is 1. The molecule has 0 saturated heterocycles. The highest BCUT2D eigenvalue weighted by Crippen LogP contribution is 2.25. The molecule has 90 valence electrons. The van der Waals surface area contributed by atoms with Crippen molar-refractivity contribution in [2.24, 2.45) is 0 Å². The summed E-state index contributed by atoms with van der Waals surface area (Å²) in [5.41, 5.74) is 1.59. The number of nitrogens with one attached hydrogen (secondary N) is 2. The van der Waals surface area contributed by atoms with Crippen LogP contribution < -0.4 is 10.1 Å². The molecule has 2 N–H and O–H groups in total. The number of hydrogen-bond donors (Lipinski definition) is 2. The van der Waals surface area contributed by atoms with E-state index in [1.165, 1.54) is 6.07 Å². The zero-order valence-electron chi connectivity index (χ0n) is 8.99. The van der Waals surface area contributed by atoms with Crippen LogP contribution in [-0.4, -0.2) is 11.6 Å². The molecule has 3 nitrogen and oxygen atoms in total. The molecule has 0 bridgehead atoms. The zero-order valence-corrected chi connectivity index (χ0v) is 8.99. The number of hydrogen-bond acceptors (Lipinski definition) is 2. The number of benzene rings is 1. The van der Waals surface area contributed by atoms with Crippen LogP contribution in [0.15, 0.2) is 42.7 Å². The van der Waals surface area contributed by atoms with E-state index in [0.29, 0.717) is 12.2 Å². The zero-order chi connectivity index (χ0) is 12.1. The number of para-hydroxylation sites is 2. The van der Waals surface area contributed by atoms with Crippen LogP contribution in [0.2, 0.25) is 0 Å². The Kier molecular flexibility index (Phi) is 3.59. The smallest absolute Gasteiger partial charge is 0.387 e. The van der Waals surface area contributed by atoms with Crippen molar-refractivity contribution in [1.82, 2.24) is 4.98 Å². The summed E-state index contributed by atoms with van der Waals surface area (Å²) in [5, 5.41) is 3.04. The molecule has 0 saturated carbocycles. The van der Waals surface area contributed by atoms with Gasteiger partial charge in [-0.15, -0.1) is 0 Å². The summed E-state index contributed by atoms with van der Waals surface area (Å²) >= 11 is 0. The Bertz CT molecular complexity index is 457. The van der Waals surface area contributed by atoms with Crippen LogP contribution in [0.1, 0.15) is 5.56 Å². The summed E-state index contributed by atoms with van der Waals surface area (Å²) < 4.78 is 28.7. The Morgan fingerprint density at radius 1 is 1.24 bits per heavy atom. The molecule has 0 aliphatic rings. The molecule has 2 aromatic rings. The van der Waals surface area contributed by atoms with Crippen molar-refractivity contribution in [3.8, 4) is 5.75 Å². The third-order valence-electron chi connectivity index (χ3n) is 2.25. The Balaban J connectivity index is 2.04. The number of rotatable bonds is 5. The SMILES string of the molecule is FC(F)Oc1ccccc1NCc1cc[nH]c1. The second kappa shape index (κ2) is 5.34. The van der Waals surface area contributed by atoms with Gasteiger partial charge in [-0.05, 0) is 23.8 Å². The summed E-state index contributed by atoms with van der Waals surface area (Å²) in [6, 6.07) is 8.52. The summed E-state index contributed by atoms with van der Waals surface area (Å²) in [6.45, 7) is -2.27. The van der Waals surface area contributed by atoms with Crippen LogP contribution in [0.5, 0.6) is 5.75 Å². The van der Waals surface area contributed by atoms with Crippen LogP contribution in [-0.2, 0) is 6.54 Å². The van der Waals surface area contributed by atoms with Crippen molar-refractivity contribution >= 4 is 5.69 Å². The van der Waals surface area contributed by atoms with Crippen LogP contribution in [0, 0.1) is 0 Å². The topological polar surface area (TPSA) is 37.0 Å². The molecular formula is C12H12F2N2O. The number of alkyl halides is 2. The standard InChI is InChI=1S/C12H12F2N2O/c13-12(14)17-11-4-2-1-3-10(11)16-8-9-5-6-15-7-9/h1-7,12,15-16H,8H2.